The quantitative estimate of drug-likeness (QED) is 0.210. The number of benzene rings is 7. The van der Waals surface area contributed by atoms with Gasteiger partial charge in [-0.15, -0.1) is 0 Å². The Hall–Kier alpha value is -5.40. The van der Waals surface area contributed by atoms with E-state index in [0.717, 1.165) is 22.6 Å². The Bertz CT molecular complexity index is 2130. The molecule has 0 saturated heterocycles. The van der Waals surface area contributed by atoms with Crippen molar-refractivity contribution in [1.82, 2.24) is 0 Å². The minimum Gasteiger partial charge on any atom is -0.456 e. The number of furan rings is 1. The fourth-order valence-electron chi connectivity index (χ4n) is 5.97. The van der Waals surface area contributed by atoms with E-state index in [1.54, 1.807) is 0 Å². The first-order valence-electron chi connectivity index (χ1n) is 14.0. The lowest BCUT2D eigenvalue weighted by atomic mass is 9.91. The van der Waals surface area contributed by atoms with Gasteiger partial charge in [-0.2, -0.15) is 0 Å². The van der Waals surface area contributed by atoms with Crippen LogP contribution in [0.3, 0.4) is 0 Å². The van der Waals surface area contributed by atoms with Gasteiger partial charge in [0.25, 0.3) is 0 Å². The van der Waals surface area contributed by atoms with Gasteiger partial charge in [-0.3, -0.25) is 0 Å². The first-order valence-corrected chi connectivity index (χ1v) is 14.0. The minimum absolute atomic E-state index is 0.868. The average molecular weight is 523 g/mol. The van der Waals surface area contributed by atoms with Crippen LogP contribution < -0.4 is 0 Å². The van der Waals surface area contributed by atoms with E-state index in [1.807, 2.05) is 0 Å². The van der Waals surface area contributed by atoms with Crippen LogP contribution >= 0.6 is 0 Å². The molecule has 0 N–H and O–H groups in total. The minimum atomic E-state index is 0.868. The molecule has 0 saturated carbocycles. The first-order chi connectivity index (χ1) is 20.3. The van der Waals surface area contributed by atoms with E-state index in [4.69, 9.17) is 4.42 Å². The molecule has 1 aromatic heterocycles. The predicted molar refractivity (Wildman–Crippen MR) is 173 cm³/mol. The molecule has 0 spiro atoms. The molecule has 0 unspecified atom stereocenters. The number of rotatable bonds is 4. The van der Waals surface area contributed by atoms with Crippen LogP contribution in [0.2, 0.25) is 0 Å². The summed E-state index contributed by atoms with van der Waals surface area (Å²) < 4.78 is 6.35. The second-order valence-electron chi connectivity index (χ2n) is 10.6. The molecular formula is C40H26O. The monoisotopic (exact) mass is 522 g/mol. The van der Waals surface area contributed by atoms with Gasteiger partial charge in [-0.25, -0.2) is 0 Å². The molecule has 0 aliphatic carbocycles. The van der Waals surface area contributed by atoms with Crippen LogP contribution in [0.25, 0.3) is 77.2 Å². The van der Waals surface area contributed by atoms with E-state index in [0.29, 0.717) is 0 Å². The number of hydrogen-bond donors (Lipinski definition) is 0. The van der Waals surface area contributed by atoms with Crippen molar-refractivity contribution < 1.29 is 4.42 Å². The molecule has 192 valence electrons. The molecular weight excluding hydrogens is 496 g/mol. The van der Waals surface area contributed by atoms with Crippen LogP contribution in [-0.4, -0.2) is 0 Å². The predicted octanol–water partition coefficient (Wildman–Crippen LogP) is 11.4. The lowest BCUT2D eigenvalue weighted by Crippen LogP contribution is -1.86. The Kier molecular flexibility index (Phi) is 5.53. The zero-order valence-electron chi connectivity index (χ0n) is 22.4. The summed E-state index contributed by atoms with van der Waals surface area (Å²) in [5, 5.41) is 7.57. The van der Waals surface area contributed by atoms with Gasteiger partial charge < -0.3 is 4.42 Å². The summed E-state index contributed by atoms with van der Waals surface area (Å²) >= 11 is 0. The summed E-state index contributed by atoms with van der Waals surface area (Å²) in [5.41, 5.74) is 7.03. The average Bonchev–Trinajstić information content (AvgIpc) is 3.54. The molecule has 0 bridgehead atoms. The molecule has 0 aliphatic rings. The molecule has 0 aliphatic heterocycles. The Morgan fingerprint density at radius 3 is 1.37 bits per heavy atom. The molecule has 0 amide bonds. The van der Waals surface area contributed by atoms with Gasteiger partial charge in [0.2, 0.25) is 0 Å². The SMILES string of the molecule is c1ccc2cc(-c3ccc(-c4ccc(-c5ccc(-c6c7ccccc7cc7ccccc67)cc5)o4)cc3)ccc2c1. The van der Waals surface area contributed by atoms with Crippen LogP contribution in [-0.2, 0) is 0 Å². The van der Waals surface area contributed by atoms with Crippen molar-refractivity contribution in [2.75, 3.05) is 0 Å². The van der Waals surface area contributed by atoms with Crippen LogP contribution in [0.1, 0.15) is 0 Å². The molecule has 0 radical (unpaired) electrons. The Morgan fingerprint density at radius 2 is 0.756 bits per heavy atom. The molecule has 8 rings (SSSR count). The molecule has 0 atom stereocenters. The van der Waals surface area contributed by atoms with E-state index >= 15 is 0 Å². The molecule has 1 nitrogen and oxygen atoms in total. The summed E-state index contributed by atoms with van der Waals surface area (Å²) in [5.74, 6) is 1.74. The van der Waals surface area contributed by atoms with Crippen molar-refractivity contribution in [2.45, 2.75) is 0 Å². The van der Waals surface area contributed by atoms with Crippen LogP contribution in [0.5, 0.6) is 0 Å². The molecule has 1 heteroatoms. The lowest BCUT2D eigenvalue weighted by molar-refractivity contribution is 0.597. The van der Waals surface area contributed by atoms with Gasteiger partial charge in [-0.05, 0) is 78.8 Å². The van der Waals surface area contributed by atoms with E-state index in [9.17, 15) is 0 Å². The maximum atomic E-state index is 6.35. The van der Waals surface area contributed by atoms with Crippen LogP contribution in [0.15, 0.2) is 162 Å². The summed E-state index contributed by atoms with van der Waals surface area (Å²) in [7, 11) is 0. The van der Waals surface area contributed by atoms with Gasteiger partial charge in [0.05, 0.1) is 0 Å². The van der Waals surface area contributed by atoms with Crippen molar-refractivity contribution in [3.05, 3.63) is 158 Å². The smallest absolute Gasteiger partial charge is 0.134 e. The summed E-state index contributed by atoms with van der Waals surface area (Å²) in [6, 6.07) is 56.2. The highest BCUT2D eigenvalue weighted by molar-refractivity contribution is 6.12. The molecule has 0 fully saturated rings. The normalized spacial score (nSPS) is 11.4. The first kappa shape index (κ1) is 23.5. The summed E-state index contributed by atoms with van der Waals surface area (Å²) in [6.07, 6.45) is 0. The van der Waals surface area contributed by atoms with Crippen molar-refractivity contribution in [2.24, 2.45) is 0 Å². The highest BCUT2D eigenvalue weighted by Crippen LogP contribution is 2.38. The van der Waals surface area contributed by atoms with Crippen molar-refractivity contribution in [1.29, 1.82) is 0 Å². The fraction of sp³-hybridized carbons (Fsp3) is 0. The molecule has 1 heterocycles. The third-order valence-corrected chi connectivity index (χ3v) is 8.09. The molecule has 41 heavy (non-hydrogen) atoms. The van der Waals surface area contributed by atoms with E-state index in [2.05, 4.69) is 158 Å². The van der Waals surface area contributed by atoms with Crippen molar-refractivity contribution in [3.8, 4) is 44.9 Å². The van der Waals surface area contributed by atoms with E-state index in [-0.39, 0.29) is 0 Å². The maximum Gasteiger partial charge on any atom is 0.134 e. The number of fused-ring (bicyclic) bond motifs is 3. The Balaban J connectivity index is 1.09. The second-order valence-corrected chi connectivity index (χ2v) is 10.6. The topological polar surface area (TPSA) is 13.1 Å². The van der Waals surface area contributed by atoms with Gasteiger partial charge in [0, 0.05) is 11.1 Å². The Morgan fingerprint density at radius 1 is 0.293 bits per heavy atom. The zero-order chi connectivity index (χ0) is 27.2. The van der Waals surface area contributed by atoms with Gasteiger partial charge in [0.1, 0.15) is 11.5 Å². The third kappa shape index (κ3) is 4.20. The highest BCUT2D eigenvalue weighted by Gasteiger charge is 2.12. The zero-order valence-corrected chi connectivity index (χ0v) is 22.4. The van der Waals surface area contributed by atoms with Crippen LogP contribution in [0, 0.1) is 0 Å². The van der Waals surface area contributed by atoms with Crippen molar-refractivity contribution in [3.63, 3.8) is 0 Å². The van der Waals surface area contributed by atoms with Gasteiger partial charge in [-0.1, -0.05) is 133 Å². The molecule has 8 aromatic rings. The van der Waals surface area contributed by atoms with Crippen molar-refractivity contribution >= 4 is 32.3 Å². The second kappa shape index (κ2) is 9.66. The molecule has 7 aromatic carbocycles. The number of hydrogen-bond acceptors (Lipinski definition) is 1. The maximum absolute atomic E-state index is 6.35. The lowest BCUT2D eigenvalue weighted by Gasteiger charge is -2.12. The van der Waals surface area contributed by atoms with Gasteiger partial charge >= 0.3 is 0 Å². The Labute approximate surface area is 238 Å². The summed E-state index contributed by atoms with van der Waals surface area (Å²) in [6.45, 7) is 0. The standard InChI is InChI=1S/C40H26O/c1-2-8-32-25-33(22-15-27(32)7-1)28-13-16-29(17-14-28)38-23-24-39(41-38)30-18-20-31(21-19-30)40-36-11-5-3-9-34(36)26-35-10-4-6-12-37(35)40/h1-26H. The third-order valence-electron chi connectivity index (χ3n) is 8.09. The van der Waals surface area contributed by atoms with E-state index < -0.39 is 0 Å². The summed E-state index contributed by atoms with van der Waals surface area (Å²) in [4.78, 5) is 0. The fourth-order valence-corrected chi connectivity index (χ4v) is 5.97. The largest absolute Gasteiger partial charge is 0.456 e. The van der Waals surface area contributed by atoms with E-state index in [1.165, 1.54) is 54.6 Å². The van der Waals surface area contributed by atoms with Gasteiger partial charge in [0.15, 0.2) is 0 Å². The highest BCUT2D eigenvalue weighted by atomic mass is 16.3. The van der Waals surface area contributed by atoms with Crippen LogP contribution in [0.4, 0.5) is 0 Å².